The Kier molecular flexibility index (Phi) is 6.69. The van der Waals surface area contributed by atoms with Gasteiger partial charge in [0.1, 0.15) is 5.75 Å². The molecule has 1 aliphatic rings. The molecule has 2 heterocycles. The van der Waals surface area contributed by atoms with E-state index in [1.807, 2.05) is 49.2 Å². The van der Waals surface area contributed by atoms with E-state index in [-0.39, 0.29) is 5.91 Å². The molecule has 1 amide bonds. The van der Waals surface area contributed by atoms with E-state index in [1.165, 1.54) is 0 Å². The molecule has 1 saturated heterocycles. The predicted octanol–water partition coefficient (Wildman–Crippen LogP) is 2.70. The van der Waals surface area contributed by atoms with Crippen LogP contribution in [0.25, 0.3) is 0 Å². The van der Waals surface area contributed by atoms with Gasteiger partial charge >= 0.3 is 0 Å². The molecule has 0 aliphatic carbocycles. The number of aliphatic imine (C=N–C) groups is 1. The number of hydrogen-bond acceptors (Lipinski definition) is 4. The fourth-order valence-corrected chi connectivity index (χ4v) is 3.54. The van der Waals surface area contributed by atoms with Crippen molar-refractivity contribution in [3.8, 4) is 5.75 Å². The van der Waals surface area contributed by atoms with E-state index in [9.17, 15) is 4.79 Å². The minimum Gasteiger partial charge on any atom is -0.496 e. The average Bonchev–Trinajstić information content (AvgIpc) is 3.16. The first kappa shape index (κ1) is 20.6. The molecule has 1 aliphatic heterocycles. The third-order valence-corrected chi connectivity index (χ3v) is 5.18. The third-order valence-electron chi connectivity index (χ3n) is 5.18. The summed E-state index contributed by atoms with van der Waals surface area (Å²) in [6, 6.07) is 8.08. The van der Waals surface area contributed by atoms with Gasteiger partial charge < -0.3 is 20.3 Å². The van der Waals surface area contributed by atoms with Crippen LogP contribution in [0.5, 0.6) is 5.75 Å². The highest BCUT2D eigenvalue weighted by Crippen LogP contribution is 2.24. The molecule has 2 N–H and O–H groups in total. The molecule has 0 atom stereocenters. The van der Waals surface area contributed by atoms with Crippen LogP contribution in [0, 0.1) is 13.8 Å². The molecule has 1 aromatic heterocycles. The molecule has 0 radical (unpaired) electrons. The second kappa shape index (κ2) is 9.41. The highest BCUT2D eigenvalue weighted by Gasteiger charge is 2.21. The van der Waals surface area contributed by atoms with Gasteiger partial charge in [-0.2, -0.15) is 0 Å². The fourth-order valence-electron chi connectivity index (χ4n) is 3.54. The Morgan fingerprint density at radius 1 is 1.21 bits per heavy atom. The Bertz CT molecular complexity index is 893. The highest BCUT2D eigenvalue weighted by atomic mass is 16.5. The molecular formula is C22H29N5O2. The van der Waals surface area contributed by atoms with E-state index in [1.54, 1.807) is 14.2 Å². The maximum Gasteiger partial charge on any atom is 0.227 e. The van der Waals surface area contributed by atoms with Crippen molar-refractivity contribution >= 4 is 17.6 Å². The normalized spacial score (nSPS) is 14.3. The number of aryl methyl sites for hydroxylation is 1. The van der Waals surface area contributed by atoms with E-state index in [4.69, 9.17) is 4.74 Å². The topological polar surface area (TPSA) is 78.9 Å². The van der Waals surface area contributed by atoms with E-state index >= 15 is 0 Å². The van der Waals surface area contributed by atoms with Crippen LogP contribution in [0.1, 0.15) is 35.2 Å². The Balaban J connectivity index is 1.55. The molecular weight excluding hydrogens is 366 g/mol. The molecule has 0 spiro atoms. The molecule has 7 heteroatoms. The molecule has 29 heavy (non-hydrogen) atoms. The van der Waals surface area contributed by atoms with Gasteiger partial charge in [0.2, 0.25) is 5.91 Å². The zero-order valence-corrected chi connectivity index (χ0v) is 17.6. The maximum atomic E-state index is 11.9. The lowest BCUT2D eigenvalue weighted by Crippen LogP contribution is -2.36. The summed E-state index contributed by atoms with van der Waals surface area (Å²) >= 11 is 0. The van der Waals surface area contributed by atoms with E-state index in [0.717, 1.165) is 46.8 Å². The van der Waals surface area contributed by atoms with Gasteiger partial charge in [0.25, 0.3) is 0 Å². The SMILES string of the molecule is CN=C(NCc1ccc(N2CCCC2=O)cc1)NCc1ncc(C)c(OC)c1C. The standard InChI is InChI=1S/C22H29N5O2/c1-15-12-24-19(16(2)21(15)29-4)14-26-22(23-3)25-13-17-7-9-18(10-8-17)27-11-5-6-20(27)28/h7-10,12H,5-6,11,13-14H2,1-4H3,(H2,23,25,26). The number of hydrogen-bond donors (Lipinski definition) is 2. The van der Waals surface area contributed by atoms with Crippen LogP contribution in [-0.2, 0) is 17.9 Å². The summed E-state index contributed by atoms with van der Waals surface area (Å²) in [5.74, 6) is 1.78. The molecule has 154 valence electrons. The van der Waals surface area contributed by atoms with Crippen LogP contribution in [0.2, 0.25) is 0 Å². The van der Waals surface area contributed by atoms with Gasteiger partial charge in [0.05, 0.1) is 19.3 Å². The summed E-state index contributed by atoms with van der Waals surface area (Å²) in [6.07, 6.45) is 3.41. The average molecular weight is 396 g/mol. The molecule has 2 aromatic rings. The summed E-state index contributed by atoms with van der Waals surface area (Å²) in [7, 11) is 3.42. The van der Waals surface area contributed by atoms with E-state index in [2.05, 4.69) is 20.6 Å². The number of rotatable bonds is 6. The quantitative estimate of drug-likeness (QED) is 0.581. The lowest BCUT2D eigenvalue weighted by molar-refractivity contribution is -0.117. The van der Waals surface area contributed by atoms with Crippen LogP contribution in [0.3, 0.4) is 0 Å². The molecule has 1 fully saturated rings. The number of pyridine rings is 1. The summed E-state index contributed by atoms with van der Waals surface area (Å²) in [4.78, 5) is 22.5. The number of nitrogens with zero attached hydrogens (tertiary/aromatic N) is 3. The van der Waals surface area contributed by atoms with Crippen LogP contribution in [0.15, 0.2) is 35.5 Å². The first-order valence-corrected chi connectivity index (χ1v) is 9.86. The molecule has 1 aromatic carbocycles. The number of nitrogens with one attached hydrogen (secondary N) is 2. The Morgan fingerprint density at radius 2 is 1.93 bits per heavy atom. The van der Waals surface area contributed by atoms with Gasteiger partial charge in [-0.15, -0.1) is 0 Å². The number of carbonyl (C=O) groups excluding carboxylic acids is 1. The van der Waals surface area contributed by atoms with Gasteiger partial charge in [-0.05, 0) is 38.0 Å². The number of guanidine groups is 1. The molecule has 3 rings (SSSR count). The predicted molar refractivity (Wildman–Crippen MR) is 115 cm³/mol. The second-order valence-electron chi connectivity index (χ2n) is 7.14. The van der Waals surface area contributed by atoms with Gasteiger partial charge in [-0.1, -0.05) is 12.1 Å². The first-order chi connectivity index (χ1) is 14.0. The lowest BCUT2D eigenvalue weighted by Gasteiger charge is -2.17. The van der Waals surface area contributed by atoms with Crippen LogP contribution in [-0.4, -0.2) is 37.6 Å². The molecule has 0 saturated carbocycles. The molecule has 0 unspecified atom stereocenters. The molecule has 0 bridgehead atoms. The third kappa shape index (κ3) is 4.85. The van der Waals surface area contributed by atoms with Crippen LogP contribution < -0.4 is 20.3 Å². The van der Waals surface area contributed by atoms with Crippen molar-refractivity contribution in [1.82, 2.24) is 15.6 Å². The Hall–Kier alpha value is -3.09. The smallest absolute Gasteiger partial charge is 0.227 e. The van der Waals surface area contributed by atoms with Crippen molar-refractivity contribution in [2.75, 3.05) is 25.6 Å². The number of amides is 1. The zero-order valence-electron chi connectivity index (χ0n) is 17.6. The van der Waals surface area contributed by atoms with Gasteiger partial charge in [0, 0.05) is 49.6 Å². The largest absolute Gasteiger partial charge is 0.496 e. The monoisotopic (exact) mass is 395 g/mol. The number of aromatic nitrogens is 1. The number of carbonyl (C=O) groups is 1. The van der Waals surface area contributed by atoms with Gasteiger partial charge in [-0.3, -0.25) is 14.8 Å². The van der Waals surface area contributed by atoms with Crippen molar-refractivity contribution in [3.63, 3.8) is 0 Å². The summed E-state index contributed by atoms with van der Waals surface area (Å²) in [5, 5.41) is 6.61. The van der Waals surface area contributed by atoms with Gasteiger partial charge in [-0.25, -0.2) is 0 Å². The number of benzene rings is 1. The van der Waals surface area contributed by atoms with Crippen molar-refractivity contribution in [2.24, 2.45) is 4.99 Å². The number of methoxy groups -OCH3 is 1. The highest BCUT2D eigenvalue weighted by molar-refractivity contribution is 5.95. The fraction of sp³-hybridized carbons (Fsp3) is 0.409. The second-order valence-corrected chi connectivity index (χ2v) is 7.14. The van der Waals surface area contributed by atoms with Crippen molar-refractivity contribution in [3.05, 3.63) is 52.8 Å². The van der Waals surface area contributed by atoms with Crippen LogP contribution in [0.4, 0.5) is 5.69 Å². The van der Waals surface area contributed by atoms with Gasteiger partial charge in [0.15, 0.2) is 5.96 Å². The van der Waals surface area contributed by atoms with Crippen molar-refractivity contribution in [1.29, 1.82) is 0 Å². The zero-order chi connectivity index (χ0) is 20.8. The minimum atomic E-state index is 0.206. The van der Waals surface area contributed by atoms with E-state index < -0.39 is 0 Å². The van der Waals surface area contributed by atoms with Crippen molar-refractivity contribution < 1.29 is 9.53 Å². The summed E-state index contributed by atoms with van der Waals surface area (Å²) in [5.41, 5.74) is 5.07. The number of ether oxygens (including phenoxy) is 1. The summed E-state index contributed by atoms with van der Waals surface area (Å²) in [6.45, 7) is 6.00. The lowest BCUT2D eigenvalue weighted by atomic mass is 10.1. The molecule has 7 nitrogen and oxygen atoms in total. The van der Waals surface area contributed by atoms with Crippen molar-refractivity contribution in [2.45, 2.75) is 39.8 Å². The maximum absolute atomic E-state index is 11.9. The summed E-state index contributed by atoms with van der Waals surface area (Å²) < 4.78 is 5.47. The Morgan fingerprint density at radius 3 is 2.55 bits per heavy atom. The van der Waals surface area contributed by atoms with Crippen LogP contribution >= 0.6 is 0 Å². The Labute approximate surface area is 172 Å². The number of anilines is 1. The first-order valence-electron chi connectivity index (χ1n) is 9.86. The van der Waals surface area contributed by atoms with E-state index in [0.29, 0.717) is 25.5 Å². The minimum absolute atomic E-state index is 0.206.